The van der Waals surface area contributed by atoms with E-state index in [0.29, 0.717) is 16.6 Å². The van der Waals surface area contributed by atoms with Crippen molar-refractivity contribution in [2.45, 2.75) is 19.3 Å². The van der Waals surface area contributed by atoms with Crippen molar-refractivity contribution < 1.29 is 9.90 Å². The van der Waals surface area contributed by atoms with E-state index in [1.807, 2.05) is 0 Å². The molecule has 5 nitrogen and oxygen atoms in total. The van der Waals surface area contributed by atoms with Crippen LogP contribution in [0.2, 0.25) is 0 Å². The van der Waals surface area contributed by atoms with Gasteiger partial charge in [-0.05, 0) is 32.0 Å². The van der Waals surface area contributed by atoms with Crippen molar-refractivity contribution in [2.24, 2.45) is 0 Å². The van der Waals surface area contributed by atoms with Gasteiger partial charge in [0.1, 0.15) is 0 Å². The van der Waals surface area contributed by atoms with Crippen LogP contribution in [0.3, 0.4) is 0 Å². The normalized spacial score (nSPS) is 11.4. The minimum Gasteiger partial charge on any atom is -0.463 e. The number of nitriles is 1. The van der Waals surface area contributed by atoms with Crippen LogP contribution in [0.5, 0.6) is 0 Å². The molecule has 0 spiro atoms. The predicted molar refractivity (Wildman–Crippen MR) is 69.5 cm³/mol. The van der Waals surface area contributed by atoms with Gasteiger partial charge >= 0.3 is 6.09 Å². The van der Waals surface area contributed by atoms with Gasteiger partial charge in [0.2, 0.25) is 0 Å². The average Bonchev–Trinajstić information content (AvgIpc) is 2.68. The van der Waals surface area contributed by atoms with Gasteiger partial charge in [-0.2, -0.15) is 15.0 Å². The molecule has 0 fully saturated rings. The summed E-state index contributed by atoms with van der Waals surface area (Å²) in [5, 5.41) is 23.0. The van der Waals surface area contributed by atoms with Gasteiger partial charge in [0.05, 0.1) is 22.7 Å². The molecule has 0 radical (unpaired) electrons. The van der Waals surface area contributed by atoms with E-state index in [2.05, 4.69) is 27.1 Å². The van der Waals surface area contributed by atoms with Crippen LogP contribution < -0.4 is 0 Å². The SMILES string of the molecule is CC(C)(C#N)c1nn(C(=O)O)c2cc(Br)ccc12. The molecule has 0 saturated heterocycles. The number of aromatic nitrogens is 2. The standard InChI is InChI=1S/C12H10BrN3O2/c1-12(2,6-14)10-8-4-3-7(13)5-9(8)16(15-10)11(17)18/h3-5H,1-2H3,(H,17,18). The van der Waals surface area contributed by atoms with Gasteiger partial charge in [-0.1, -0.05) is 15.9 Å². The van der Waals surface area contributed by atoms with E-state index in [1.165, 1.54) is 0 Å². The van der Waals surface area contributed by atoms with Crippen LogP contribution in [0.1, 0.15) is 19.5 Å². The van der Waals surface area contributed by atoms with E-state index in [9.17, 15) is 4.79 Å². The second-order valence-corrected chi connectivity index (χ2v) is 5.36. The van der Waals surface area contributed by atoms with Crippen LogP contribution >= 0.6 is 15.9 Å². The molecule has 18 heavy (non-hydrogen) atoms. The second-order valence-electron chi connectivity index (χ2n) is 4.44. The van der Waals surface area contributed by atoms with Gasteiger partial charge < -0.3 is 5.11 Å². The Labute approximate surface area is 112 Å². The lowest BCUT2D eigenvalue weighted by atomic mass is 9.89. The molecule has 2 aromatic rings. The molecular weight excluding hydrogens is 298 g/mol. The van der Waals surface area contributed by atoms with Crippen LogP contribution in [0.25, 0.3) is 10.9 Å². The zero-order valence-electron chi connectivity index (χ0n) is 9.81. The zero-order chi connectivity index (χ0) is 13.5. The van der Waals surface area contributed by atoms with E-state index in [1.54, 1.807) is 32.0 Å². The summed E-state index contributed by atoms with van der Waals surface area (Å²) in [6, 6.07) is 7.37. The molecule has 0 amide bonds. The van der Waals surface area contributed by atoms with Crippen molar-refractivity contribution in [1.29, 1.82) is 5.26 Å². The van der Waals surface area contributed by atoms with Gasteiger partial charge in [-0.25, -0.2) is 4.79 Å². The molecule has 0 bridgehead atoms. The Hall–Kier alpha value is -1.87. The maximum atomic E-state index is 11.2. The Bertz CT molecular complexity index is 682. The fourth-order valence-corrected chi connectivity index (χ4v) is 2.10. The molecule has 1 aromatic carbocycles. The lowest BCUT2D eigenvalue weighted by Gasteiger charge is -2.11. The van der Waals surface area contributed by atoms with E-state index in [-0.39, 0.29) is 0 Å². The van der Waals surface area contributed by atoms with E-state index >= 15 is 0 Å². The highest BCUT2D eigenvalue weighted by Crippen LogP contribution is 2.30. The average molecular weight is 308 g/mol. The Morgan fingerprint density at radius 1 is 1.56 bits per heavy atom. The molecule has 1 aromatic heterocycles. The molecule has 0 unspecified atom stereocenters. The van der Waals surface area contributed by atoms with Crippen molar-refractivity contribution in [2.75, 3.05) is 0 Å². The first-order valence-electron chi connectivity index (χ1n) is 5.20. The summed E-state index contributed by atoms with van der Waals surface area (Å²) in [5.74, 6) is 0. The highest BCUT2D eigenvalue weighted by atomic mass is 79.9. The highest BCUT2D eigenvalue weighted by molar-refractivity contribution is 9.10. The Morgan fingerprint density at radius 3 is 2.78 bits per heavy atom. The van der Waals surface area contributed by atoms with Crippen molar-refractivity contribution in [3.05, 3.63) is 28.4 Å². The molecule has 0 aliphatic rings. The minimum atomic E-state index is -1.17. The largest absolute Gasteiger partial charge is 0.463 e. The fourth-order valence-electron chi connectivity index (χ4n) is 1.75. The number of hydrogen-bond donors (Lipinski definition) is 1. The van der Waals surface area contributed by atoms with E-state index in [4.69, 9.17) is 10.4 Å². The Kier molecular flexibility index (Phi) is 2.87. The third-order valence-corrected chi connectivity index (χ3v) is 3.19. The van der Waals surface area contributed by atoms with Gasteiger partial charge in [-0.15, -0.1) is 0 Å². The first-order chi connectivity index (χ1) is 8.36. The van der Waals surface area contributed by atoms with Crippen LogP contribution in [0.15, 0.2) is 22.7 Å². The molecule has 0 aliphatic heterocycles. The van der Waals surface area contributed by atoms with Gasteiger partial charge in [0.25, 0.3) is 0 Å². The molecule has 1 N–H and O–H groups in total. The van der Waals surface area contributed by atoms with Crippen molar-refractivity contribution in [1.82, 2.24) is 9.78 Å². The topological polar surface area (TPSA) is 78.9 Å². The second kappa shape index (κ2) is 4.10. The number of rotatable bonds is 1. The van der Waals surface area contributed by atoms with Crippen LogP contribution in [-0.4, -0.2) is 21.0 Å². The first kappa shape index (κ1) is 12.6. The lowest BCUT2D eigenvalue weighted by Crippen LogP contribution is -2.17. The van der Waals surface area contributed by atoms with Crippen molar-refractivity contribution >= 4 is 32.9 Å². The summed E-state index contributed by atoms with van der Waals surface area (Å²) in [6.07, 6.45) is -1.17. The van der Waals surface area contributed by atoms with Crippen molar-refractivity contribution in [3.8, 4) is 6.07 Å². The van der Waals surface area contributed by atoms with Crippen LogP contribution in [0, 0.1) is 11.3 Å². The number of hydrogen-bond acceptors (Lipinski definition) is 3. The number of fused-ring (bicyclic) bond motifs is 1. The monoisotopic (exact) mass is 307 g/mol. The smallest absolute Gasteiger partial charge is 0.432 e. The molecule has 2 rings (SSSR count). The number of carboxylic acid groups (broad SMARTS) is 1. The third-order valence-electron chi connectivity index (χ3n) is 2.70. The Morgan fingerprint density at radius 2 is 2.22 bits per heavy atom. The van der Waals surface area contributed by atoms with Crippen LogP contribution in [-0.2, 0) is 5.41 Å². The maximum absolute atomic E-state index is 11.2. The molecule has 1 heterocycles. The summed E-state index contributed by atoms with van der Waals surface area (Å²) < 4.78 is 1.66. The Balaban J connectivity index is 2.86. The molecule has 6 heteroatoms. The van der Waals surface area contributed by atoms with Gasteiger partial charge in [0, 0.05) is 9.86 Å². The summed E-state index contributed by atoms with van der Waals surface area (Å²) in [6.45, 7) is 3.42. The maximum Gasteiger partial charge on any atom is 0.432 e. The number of carbonyl (C=O) groups is 1. The summed E-state index contributed by atoms with van der Waals surface area (Å²) in [4.78, 5) is 11.2. The van der Waals surface area contributed by atoms with E-state index in [0.717, 1.165) is 9.15 Å². The molecule has 0 atom stereocenters. The molecular formula is C12H10BrN3O2. The van der Waals surface area contributed by atoms with Gasteiger partial charge in [-0.3, -0.25) is 0 Å². The molecule has 0 saturated carbocycles. The minimum absolute atomic E-state index is 0.468. The summed E-state index contributed by atoms with van der Waals surface area (Å²) >= 11 is 3.29. The summed E-state index contributed by atoms with van der Waals surface area (Å²) in [7, 11) is 0. The quantitative estimate of drug-likeness (QED) is 0.878. The number of nitrogens with zero attached hydrogens (tertiary/aromatic N) is 3. The van der Waals surface area contributed by atoms with Gasteiger partial charge in [0.15, 0.2) is 0 Å². The summed E-state index contributed by atoms with van der Waals surface area (Å²) in [5.41, 5.74) is 0.0948. The highest BCUT2D eigenvalue weighted by Gasteiger charge is 2.28. The number of benzene rings is 1. The third kappa shape index (κ3) is 1.87. The lowest BCUT2D eigenvalue weighted by molar-refractivity contribution is 0.193. The first-order valence-corrected chi connectivity index (χ1v) is 5.99. The predicted octanol–water partition coefficient (Wildman–Crippen LogP) is 3.13. The van der Waals surface area contributed by atoms with E-state index < -0.39 is 11.5 Å². The number of halogens is 1. The molecule has 0 aliphatic carbocycles. The van der Waals surface area contributed by atoms with Crippen LogP contribution in [0.4, 0.5) is 4.79 Å². The zero-order valence-corrected chi connectivity index (χ0v) is 11.4. The van der Waals surface area contributed by atoms with Crippen molar-refractivity contribution in [3.63, 3.8) is 0 Å². The molecule has 92 valence electrons. The fraction of sp³-hybridized carbons (Fsp3) is 0.250.